The number of hydrogen-bond donors (Lipinski definition) is 0. The van der Waals surface area contributed by atoms with Gasteiger partial charge >= 0.3 is 0 Å². The molecule has 31 heavy (non-hydrogen) atoms. The number of imidazole rings is 1. The lowest BCUT2D eigenvalue weighted by Gasteiger charge is -2.22. The Hall–Kier alpha value is -3.59. The van der Waals surface area contributed by atoms with E-state index < -0.39 is 4.92 Å². The third-order valence-electron chi connectivity index (χ3n) is 5.43. The zero-order valence-electron chi connectivity index (χ0n) is 16.9. The Bertz CT molecular complexity index is 1090. The number of aromatic nitrogens is 2. The second kappa shape index (κ2) is 9.05. The summed E-state index contributed by atoms with van der Waals surface area (Å²) < 4.78 is 15.5. The van der Waals surface area contributed by atoms with E-state index in [-0.39, 0.29) is 23.0 Å². The molecule has 1 saturated heterocycles. The lowest BCUT2D eigenvalue weighted by molar-refractivity contribution is -0.384. The van der Waals surface area contributed by atoms with Crippen LogP contribution in [0.1, 0.15) is 22.3 Å². The minimum atomic E-state index is -0.495. The molecule has 2 aromatic carbocycles. The third-order valence-corrected chi connectivity index (χ3v) is 5.43. The molecule has 1 amide bonds. The zero-order valence-corrected chi connectivity index (χ0v) is 16.9. The van der Waals surface area contributed by atoms with Gasteiger partial charge in [-0.05, 0) is 24.6 Å². The van der Waals surface area contributed by atoms with Crippen molar-refractivity contribution in [1.82, 2.24) is 19.4 Å². The van der Waals surface area contributed by atoms with Gasteiger partial charge in [-0.2, -0.15) is 0 Å². The van der Waals surface area contributed by atoms with Gasteiger partial charge in [0.2, 0.25) is 0 Å². The Balaban J connectivity index is 1.48. The Morgan fingerprint density at radius 1 is 1.13 bits per heavy atom. The average Bonchev–Trinajstić information content (AvgIpc) is 3.21. The van der Waals surface area contributed by atoms with E-state index in [4.69, 9.17) is 0 Å². The fourth-order valence-corrected chi connectivity index (χ4v) is 3.80. The van der Waals surface area contributed by atoms with Crippen LogP contribution in [0.25, 0.3) is 5.69 Å². The molecule has 9 heteroatoms. The number of rotatable bonds is 5. The van der Waals surface area contributed by atoms with Crippen molar-refractivity contribution in [1.29, 1.82) is 0 Å². The highest BCUT2D eigenvalue weighted by Crippen LogP contribution is 2.25. The van der Waals surface area contributed by atoms with Crippen molar-refractivity contribution in [2.75, 3.05) is 26.2 Å². The predicted molar refractivity (Wildman–Crippen MR) is 112 cm³/mol. The normalized spacial score (nSPS) is 14.9. The smallest absolute Gasteiger partial charge is 0.294 e. The number of hydrogen-bond acceptors (Lipinski definition) is 5. The van der Waals surface area contributed by atoms with Crippen LogP contribution in [0.4, 0.5) is 10.1 Å². The first-order valence-electron chi connectivity index (χ1n) is 10.0. The molecule has 160 valence electrons. The van der Waals surface area contributed by atoms with Gasteiger partial charge in [-0.3, -0.25) is 19.8 Å². The highest BCUT2D eigenvalue weighted by molar-refractivity contribution is 5.95. The van der Waals surface area contributed by atoms with Gasteiger partial charge in [-0.15, -0.1) is 0 Å². The van der Waals surface area contributed by atoms with Gasteiger partial charge in [0, 0.05) is 62.3 Å². The highest BCUT2D eigenvalue weighted by Gasteiger charge is 2.24. The zero-order chi connectivity index (χ0) is 21.8. The summed E-state index contributed by atoms with van der Waals surface area (Å²) in [5, 5.41) is 11.6. The van der Waals surface area contributed by atoms with Gasteiger partial charge in [-0.25, -0.2) is 9.37 Å². The fraction of sp³-hybridized carbons (Fsp3) is 0.273. The minimum absolute atomic E-state index is 0.153. The molecule has 0 atom stereocenters. The van der Waals surface area contributed by atoms with E-state index in [2.05, 4.69) is 9.88 Å². The highest BCUT2D eigenvalue weighted by atomic mass is 19.1. The number of nitro benzene ring substituents is 1. The first-order valence-corrected chi connectivity index (χ1v) is 10.0. The number of halogens is 1. The Kier molecular flexibility index (Phi) is 6.03. The first kappa shape index (κ1) is 20.7. The molecule has 0 spiro atoms. The summed E-state index contributed by atoms with van der Waals surface area (Å²) in [6.45, 7) is 2.86. The summed E-state index contributed by atoms with van der Waals surface area (Å²) >= 11 is 0. The maximum Gasteiger partial charge on any atom is 0.294 e. The van der Waals surface area contributed by atoms with Gasteiger partial charge in [-0.1, -0.05) is 18.2 Å². The van der Waals surface area contributed by atoms with Crippen LogP contribution >= 0.6 is 0 Å². The molecule has 3 aromatic rings. The van der Waals surface area contributed by atoms with Crippen LogP contribution in [-0.4, -0.2) is 56.4 Å². The van der Waals surface area contributed by atoms with Crippen LogP contribution in [0, 0.1) is 15.9 Å². The molecular weight excluding hydrogens is 401 g/mol. The monoisotopic (exact) mass is 423 g/mol. The fourth-order valence-electron chi connectivity index (χ4n) is 3.80. The first-order chi connectivity index (χ1) is 15.0. The predicted octanol–water partition coefficient (Wildman–Crippen LogP) is 3.27. The number of nitro groups is 1. The van der Waals surface area contributed by atoms with Gasteiger partial charge in [0.05, 0.1) is 11.3 Å². The second-order valence-electron chi connectivity index (χ2n) is 7.44. The number of carbonyl (C=O) groups excluding carboxylic acids is 1. The standard InChI is InChI=1S/C22H22FN5O3/c23-19-5-2-1-4-18(19)15-25-9-3-10-26(13-12-25)22(29)17-6-7-20(21(14-17)28(30)31)27-11-8-24-16-27/h1-2,4-8,11,14,16H,3,9-10,12-13,15H2. The lowest BCUT2D eigenvalue weighted by Crippen LogP contribution is -2.35. The minimum Gasteiger partial charge on any atom is -0.337 e. The quantitative estimate of drug-likeness (QED) is 0.465. The van der Waals surface area contributed by atoms with E-state index in [0.29, 0.717) is 37.4 Å². The molecule has 4 rings (SSSR count). The van der Waals surface area contributed by atoms with Crippen LogP contribution in [0.5, 0.6) is 0 Å². The average molecular weight is 423 g/mol. The molecule has 0 radical (unpaired) electrons. The summed E-state index contributed by atoms with van der Waals surface area (Å²) in [5.74, 6) is -0.474. The molecular formula is C22H22FN5O3. The maximum atomic E-state index is 14.0. The van der Waals surface area contributed by atoms with E-state index in [1.807, 2.05) is 6.07 Å². The van der Waals surface area contributed by atoms with Crippen molar-refractivity contribution in [3.8, 4) is 5.69 Å². The van der Waals surface area contributed by atoms with E-state index in [1.54, 1.807) is 39.9 Å². The van der Waals surface area contributed by atoms with Crippen molar-refractivity contribution in [2.24, 2.45) is 0 Å². The molecule has 0 N–H and O–H groups in total. The largest absolute Gasteiger partial charge is 0.337 e. The van der Waals surface area contributed by atoms with Crippen molar-refractivity contribution in [3.05, 3.63) is 88.2 Å². The number of benzene rings is 2. The van der Waals surface area contributed by atoms with Gasteiger partial charge in [0.15, 0.2) is 0 Å². The van der Waals surface area contributed by atoms with Gasteiger partial charge in [0.25, 0.3) is 11.6 Å². The van der Waals surface area contributed by atoms with E-state index in [1.165, 1.54) is 24.7 Å². The van der Waals surface area contributed by atoms with E-state index in [9.17, 15) is 19.3 Å². The van der Waals surface area contributed by atoms with Crippen LogP contribution < -0.4 is 0 Å². The summed E-state index contributed by atoms with van der Waals surface area (Å²) in [7, 11) is 0. The second-order valence-corrected chi connectivity index (χ2v) is 7.44. The topological polar surface area (TPSA) is 84.5 Å². The summed E-state index contributed by atoms with van der Waals surface area (Å²) in [4.78, 5) is 31.9. The maximum absolute atomic E-state index is 14.0. The molecule has 1 aromatic heterocycles. The van der Waals surface area contributed by atoms with Gasteiger partial charge < -0.3 is 9.47 Å². The Morgan fingerprint density at radius 3 is 2.71 bits per heavy atom. The van der Waals surface area contributed by atoms with Crippen molar-refractivity contribution in [2.45, 2.75) is 13.0 Å². The molecule has 0 unspecified atom stereocenters. The molecule has 0 saturated carbocycles. The number of amides is 1. The van der Waals surface area contributed by atoms with E-state index in [0.717, 1.165) is 13.0 Å². The molecule has 1 aliphatic heterocycles. The molecule has 1 fully saturated rings. The third kappa shape index (κ3) is 4.61. The number of carbonyl (C=O) groups is 1. The van der Waals surface area contributed by atoms with Crippen LogP contribution in [0.3, 0.4) is 0 Å². The summed E-state index contributed by atoms with van der Waals surface area (Å²) in [6.07, 6.45) is 5.37. The van der Waals surface area contributed by atoms with Crippen LogP contribution in [0.2, 0.25) is 0 Å². The summed E-state index contributed by atoms with van der Waals surface area (Å²) in [5.41, 5.74) is 1.11. The van der Waals surface area contributed by atoms with Crippen molar-refractivity contribution < 1.29 is 14.1 Å². The number of nitrogens with zero attached hydrogens (tertiary/aromatic N) is 5. The lowest BCUT2D eigenvalue weighted by atomic mass is 10.1. The van der Waals surface area contributed by atoms with Crippen molar-refractivity contribution in [3.63, 3.8) is 0 Å². The van der Waals surface area contributed by atoms with Crippen LogP contribution in [-0.2, 0) is 6.54 Å². The van der Waals surface area contributed by atoms with E-state index >= 15 is 0 Å². The molecule has 8 nitrogen and oxygen atoms in total. The molecule has 1 aliphatic rings. The van der Waals surface area contributed by atoms with Crippen molar-refractivity contribution >= 4 is 11.6 Å². The Labute approximate surface area is 178 Å². The SMILES string of the molecule is O=C(c1ccc(-n2ccnc2)c([N+](=O)[O-])c1)N1CCCN(Cc2ccccc2F)CC1. The molecule has 0 bridgehead atoms. The Morgan fingerprint density at radius 2 is 1.97 bits per heavy atom. The molecule has 0 aliphatic carbocycles. The van der Waals surface area contributed by atoms with Crippen LogP contribution in [0.15, 0.2) is 61.2 Å². The summed E-state index contributed by atoms with van der Waals surface area (Å²) in [6, 6.07) is 11.2. The van der Waals surface area contributed by atoms with Gasteiger partial charge in [0.1, 0.15) is 11.5 Å². The molecule has 2 heterocycles.